The van der Waals surface area contributed by atoms with E-state index in [1.807, 2.05) is 25.3 Å². The van der Waals surface area contributed by atoms with Gasteiger partial charge in [0.2, 0.25) is 0 Å². The molecule has 0 aliphatic carbocycles. The molecule has 92 valence electrons. The average molecular weight is 256 g/mol. The van der Waals surface area contributed by atoms with Crippen molar-refractivity contribution in [1.82, 2.24) is 9.97 Å². The second-order valence-electron chi connectivity index (χ2n) is 3.88. The monoisotopic (exact) mass is 256 g/mol. The number of nitrogens with zero attached hydrogens (tertiary/aromatic N) is 2. The van der Waals surface area contributed by atoms with E-state index in [1.54, 1.807) is 17.4 Å². The minimum absolute atomic E-state index is 0.925. The molecular weight excluding hydrogens is 240 g/mol. The molecule has 2 nitrogen and oxygen atoms in total. The molecule has 3 heteroatoms. The molecule has 0 radical (unpaired) electrons. The summed E-state index contributed by atoms with van der Waals surface area (Å²) in [5.74, 6) is 0. The van der Waals surface area contributed by atoms with Gasteiger partial charge in [0, 0.05) is 6.20 Å². The van der Waals surface area contributed by atoms with Crippen LogP contribution in [0.15, 0.2) is 31.0 Å². The average Bonchev–Trinajstić information content (AvgIpc) is 2.82. The van der Waals surface area contributed by atoms with E-state index in [4.69, 9.17) is 0 Å². The maximum atomic E-state index is 4.56. The second kappa shape index (κ2) is 5.74. The molecule has 0 amide bonds. The summed E-state index contributed by atoms with van der Waals surface area (Å²) in [6.07, 6.45) is 8.78. The van der Waals surface area contributed by atoms with Gasteiger partial charge in [-0.1, -0.05) is 25.6 Å². The van der Waals surface area contributed by atoms with Crippen LogP contribution in [-0.4, -0.2) is 9.97 Å². The number of thiazole rings is 1. The Kier molecular flexibility index (Phi) is 4.05. The highest BCUT2D eigenvalue weighted by Gasteiger charge is 2.09. The van der Waals surface area contributed by atoms with Gasteiger partial charge >= 0.3 is 0 Å². The lowest BCUT2D eigenvalue weighted by molar-refractivity contribution is 1.10. The molecule has 0 saturated carbocycles. The van der Waals surface area contributed by atoms with Crippen LogP contribution >= 0.6 is 11.3 Å². The Bertz CT molecular complexity index is 565. The van der Waals surface area contributed by atoms with Gasteiger partial charge in [-0.3, -0.25) is 4.98 Å². The van der Waals surface area contributed by atoms with E-state index in [2.05, 4.69) is 35.6 Å². The van der Waals surface area contributed by atoms with Crippen LogP contribution in [0.5, 0.6) is 0 Å². The second-order valence-corrected chi connectivity index (χ2v) is 4.91. The van der Waals surface area contributed by atoms with Crippen LogP contribution in [0.2, 0.25) is 0 Å². The molecule has 0 saturated heterocycles. The van der Waals surface area contributed by atoms with Gasteiger partial charge in [-0.2, -0.15) is 0 Å². The van der Waals surface area contributed by atoms with E-state index in [-0.39, 0.29) is 0 Å². The topological polar surface area (TPSA) is 25.8 Å². The van der Waals surface area contributed by atoms with Gasteiger partial charge in [0.25, 0.3) is 0 Å². The molecule has 0 spiro atoms. The summed E-state index contributed by atoms with van der Waals surface area (Å²) in [6.45, 7) is 7.92. The predicted octanol–water partition coefficient (Wildman–Crippen LogP) is 4.44. The third-order valence-electron chi connectivity index (χ3n) is 2.64. The number of allylic oxidation sites excluding steroid dienone is 1. The van der Waals surface area contributed by atoms with Crippen LogP contribution in [-0.2, 0) is 6.42 Å². The van der Waals surface area contributed by atoms with E-state index in [9.17, 15) is 0 Å². The highest BCUT2D eigenvalue weighted by Crippen LogP contribution is 2.28. The normalized spacial score (nSPS) is 11.0. The Balaban J connectivity index is 2.40. The van der Waals surface area contributed by atoms with Crippen molar-refractivity contribution >= 4 is 23.5 Å². The lowest BCUT2D eigenvalue weighted by atomic mass is 10.2. The molecule has 0 N–H and O–H groups in total. The van der Waals surface area contributed by atoms with Gasteiger partial charge in [-0.25, -0.2) is 4.98 Å². The van der Waals surface area contributed by atoms with Crippen LogP contribution in [0, 0.1) is 0 Å². The van der Waals surface area contributed by atoms with Gasteiger partial charge < -0.3 is 0 Å². The third-order valence-corrected chi connectivity index (χ3v) is 3.70. The van der Waals surface area contributed by atoms with E-state index in [0.717, 1.165) is 27.7 Å². The number of pyridine rings is 1. The summed E-state index contributed by atoms with van der Waals surface area (Å²) in [4.78, 5) is 10.1. The van der Waals surface area contributed by atoms with Crippen molar-refractivity contribution in [3.05, 3.63) is 47.1 Å². The van der Waals surface area contributed by atoms with Crippen molar-refractivity contribution in [3.8, 4) is 10.7 Å². The predicted molar refractivity (Wildman–Crippen MR) is 79.5 cm³/mol. The first-order valence-corrected chi connectivity index (χ1v) is 6.81. The number of hydrogen-bond donors (Lipinski definition) is 0. The minimum Gasteiger partial charge on any atom is -0.253 e. The molecule has 0 aliphatic rings. The molecule has 0 atom stereocenters. The SMILES string of the molecule is C=Cc1nc(-c2ccc(CC)cn2)sc1/C=C\C. The summed E-state index contributed by atoms with van der Waals surface area (Å²) in [7, 11) is 0. The Labute approximate surface area is 112 Å². The summed E-state index contributed by atoms with van der Waals surface area (Å²) in [5, 5.41) is 0.945. The fourth-order valence-electron chi connectivity index (χ4n) is 1.63. The van der Waals surface area contributed by atoms with E-state index in [1.165, 1.54) is 5.56 Å². The maximum Gasteiger partial charge on any atom is 0.143 e. The number of aromatic nitrogens is 2. The van der Waals surface area contributed by atoms with Crippen LogP contribution in [0.3, 0.4) is 0 Å². The van der Waals surface area contributed by atoms with Crippen LogP contribution in [0.4, 0.5) is 0 Å². The largest absolute Gasteiger partial charge is 0.253 e. The first-order valence-electron chi connectivity index (χ1n) is 5.99. The van der Waals surface area contributed by atoms with Crippen LogP contribution in [0.25, 0.3) is 22.9 Å². The lowest BCUT2D eigenvalue weighted by Gasteiger charge is -1.97. The standard InChI is InChI=1S/C15H16N2S/c1-4-7-14-12(6-3)17-15(18-14)13-9-8-11(5-2)10-16-13/h4,6-10H,3,5H2,1-2H3/b7-4-. The summed E-state index contributed by atoms with van der Waals surface area (Å²) in [6, 6.07) is 4.14. The van der Waals surface area contributed by atoms with Crippen LogP contribution < -0.4 is 0 Å². The quantitative estimate of drug-likeness (QED) is 0.808. The van der Waals surface area contributed by atoms with Crippen molar-refractivity contribution in [3.63, 3.8) is 0 Å². The number of aryl methyl sites for hydroxylation is 1. The van der Waals surface area contributed by atoms with Gasteiger partial charge in [0.15, 0.2) is 0 Å². The zero-order valence-corrected chi connectivity index (χ0v) is 11.5. The third kappa shape index (κ3) is 2.57. The zero-order valence-electron chi connectivity index (χ0n) is 10.7. The molecule has 2 aromatic rings. The van der Waals surface area contributed by atoms with Crippen molar-refractivity contribution in [1.29, 1.82) is 0 Å². The zero-order chi connectivity index (χ0) is 13.0. The van der Waals surface area contributed by atoms with Crippen LogP contribution in [0.1, 0.15) is 30.0 Å². The van der Waals surface area contributed by atoms with E-state index >= 15 is 0 Å². The first kappa shape index (κ1) is 12.7. The minimum atomic E-state index is 0.925. The molecule has 0 bridgehead atoms. The molecular formula is C15H16N2S. The van der Waals surface area contributed by atoms with Gasteiger partial charge in [-0.05, 0) is 37.1 Å². The molecule has 0 unspecified atom stereocenters. The van der Waals surface area contributed by atoms with E-state index in [0.29, 0.717) is 0 Å². The maximum absolute atomic E-state index is 4.56. The smallest absolute Gasteiger partial charge is 0.143 e. The molecule has 2 aromatic heterocycles. The van der Waals surface area contributed by atoms with Crippen molar-refractivity contribution in [2.75, 3.05) is 0 Å². The van der Waals surface area contributed by atoms with Gasteiger partial charge in [-0.15, -0.1) is 11.3 Å². The Hall–Kier alpha value is -1.74. The molecule has 18 heavy (non-hydrogen) atoms. The summed E-state index contributed by atoms with van der Waals surface area (Å²) in [5.41, 5.74) is 3.10. The number of rotatable bonds is 4. The Morgan fingerprint density at radius 2 is 2.22 bits per heavy atom. The summed E-state index contributed by atoms with van der Waals surface area (Å²) >= 11 is 1.64. The van der Waals surface area contributed by atoms with Crippen molar-refractivity contribution < 1.29 is 0 Å². The number of hydrogen-bond acceptors (Lipinski definition) is 3. The van der Waals surface area contributed by atoms with Gasteiger partial charge in [0.1, 0.15) is 5.01 Å². The molecule has 0 aromatic carbocycles. The van der Waals surface area contributed by atoms with Crippen molar-refractivity contribution in [2.45, 2.75) is 20.3 Å². The first-order chi connectivity index (χ1) is 8.78. The van der Waals surface area contributed by atoms with E-state index < -0.39 is 0 Å². The Morgan fingerprint density at radius 3 is 2.78 bits per heavy atom. The summed E-state index contributed by atoms with van der Waals surface area (Å²) < 4.78 is 0. The van der Waals surface area contributed by atoms with Crippen molar-refractivity contribution in [2.24, 2.45) is 0 Å². The molecule has 2 heterocycles. The Morgan fingerprint density at radius 1 is 1.39 bits per heavy atom. The molecule has 2 rings (SSSR count). The fourth-order valence-corrected chi connectivity index (χ4v) is 2.65. The fraction of sp³-hybridized carbons (Fsp3) is 0.200. The van der Waals surface area contributed by atoms with Gasteiger partial charge in [0.05, 0.1) is 16.3 Å². The molecule has 0 fully saturated rings. The lowest BCUT2D eigenvalue weighted by Crippen LogP contribution is -1.86. The highest BCUT2D eigenvalue weighted by molar-refractivity contribution is 7.16. The highest BCUT2D eigenvalue weighted by atomic mass is 32.1. The molecule has 0 aliphatic heterocycles.